The summed E-state index contributed by atoms with van der Waals surface area (Å²) in [6.45, 7) is 4.00. The molecule has 8 heteroatoms. The monoisotopic (exact) mass is 365 g/mol. The summed E-state index contributed by atoms with van der Waals surface area (Å²) in [6, 6.07) is 6.26. The maximum atomic E-state index is 13.9. The number of benzene rings is 1. The zero-order chi connectivity index (χ0) is 17.8. The van der Waals surface area contributed by atoms with Crippen molar-refractivity contribution < 1.29 is 18.3 Å². The molecular formula is C17H20FN3O3S. The lowest BCUT2D eigenvalue weighted by molar-refractivity contribution is -0.150. The highest BCUT2D eigenvalue weighted by Gasteiger charge is 2.27. The first-order valence-electron chi connectivity index (χ1n) is 8.30. The van der Waals surface area contributed by atoms with Crippen molar-refractivity contribution in [2.45, 2.75) is 26.4 Å². The molecule has 0 bridgehead atoms. The zero-order valence-corrected chi connectivity index (χ0v) is 14.8. The second kappa shape index (κ2) is 7.88. The molecule has 0 radical (unpaired) electrons. The molecule has 0 unspecified atom stereocenters. The van der Waals surface area contributed by atoms with Crippen LogP contribution in [0.1, 0.15) is 19.8 Å². The third-order valence-corrected chi connectivity index (χ3v) is 4.46. The third kappa shape index (κ3) is 4.13. The Morgan fingerprint density at radius 3 is 3.04 bits per heavy atom. The Balaban J connectivity index is 1.72. The van der Waals surface area contributed by atoms with E-state index < -0.39 is 5.82 Å². The lowest BCUT2D eigenvalue weighted by Gasteiger charge is -2.30. The quantitative estimate of drug-likeness (QED) is 0.599. The molecule has 6 nitrogen and oxygen atoms in total. The van der Waals surface area contributed by atoms with E-state index in [-0.39, 0.29) is 28.2 Å². The van der Waals surface area contributed by atoms with Crippen molar-refractivity contribution in [2.24, 2.45) is 5.92 Å². The number of esters is 1. The Labute approximate surface area is 150 Å². The molecule has 1 aromatic heterocycles. The number of nitrogens with zero attached hydrogens (tertiary/aromatic N) is 3. The van der Waals surface area contributed by atoms with Crippen molar-refractivity contribution in [2.75, 3.05) is 19.7 Å². The van der Waals surface area contributed by atoms with Gasteiger partial charge >= 0.3 is 5.97 Å². The maximum Gasteiger partial charge on any atom is 0.310 e. The minimum atomic E-state index is -0.411. The van der Waals surface area contributed by atoms with Crippen LogP contribution in [-0.2, 0) is 16.2 Å². The first kappa shape index (κ1) is 17.8. The van der Waals surface area contributed by atoms with Gasteiger partial charge in [0, 0.05) is 6.54 Å². The van der Waals surface area contributed by atoms with Crippen molar-refractivity contribution in [3.05, 3.63) is 34.9 Å². The first-order chi connectivity index (χ1) is 12.1. The van der Waals surface area contributed by atoms with Crippen LogP contribution < -0.4 is 0 Å². The fourth-order valence-corrected chi connectivity index (χ4v) is 3.14. The number of hydrogen-bond acceptors (Lipinski definition) is 6. The van der Waals surface area contributed by atoms with Gasteiger partial charge in [-0.15, -0.1) is 5.10 Å². The number of carbonyl (C=O) groups is 1. The van der Waals surface area contributed by atoms with E-state index in [0.29, 0.717) is 19.8 Å². The highest BCUT2D eigenvalue weighted by molar-refractivity contribution is 7.71. The van der Waals surface area contributed by atoms with Gasteiger partial charge in [0.15, 0.2) is 0 Å². The molecule has 1 aliphatic heterocycles. The van der Waals surface area contributed by atoms with Crippen molar-refractivity contribution in [1.29, 1.82) is 0 Å². The SMILES string of the molecule is CCOC(=O)[C@@H]1CCCN(Cn2nc(-c3ccccc3F)oc2=S)C1. The number of likely N-dealkylation sites (tertiary alicyclic amines) is 1. The van der Waals surface area contributed by atoms with Gasteiger partial charge in [-0.1, -0.05) is 12.1 Å². The van der Waals surface area contributed by atoms with Gasteiger partial charge in [-0.05, 0) is 50.7 Å². The molecule has 1 aromatic carbocycles. The van der Waals surface area contributed by atoms with Gasteiger partial charge in [0.05, 0.1) is 24.8 Å². The molecule has 1 atom stereocenters. The van der Waals surface area contributed by atoms with Gasteiger partial charge in [-0.2, -0.15) is 0 Å². The van der Waals surface area contributed by atoms with Crippen LogP contribution in [-0.4, -0.2) is 40.3 Å². The lowest BCUT2D eigenvalue weighted by Crippen LogP contribution is -2.40. The lowest BCUT2D eigenvalue weighted by atomic mass is 9.99. The molecule has 0 aliphatic carbocycles. The summed E-state index contributed by atoms with van der Waals surface area (Å²) in [7, 11) is 0. The van der Waals surface area contributed by atoms with Crippen LogP contribution in [0.4, 0.5) is 4.39 Å². The Bertz CT molecular complexity index is 804. The van der Waals surface area contributed by atoms with E-state index in [4.69, 9.17) is 21.4 Å². The molecule has 0 amide bonds. The Morgan fingerprint density at radius 2 is 2.28 bits per heavy atom. The number of halogens is 1. The van der Waals surface area contributed by atoms with Crippen LogP contribution in [0.3, 0.4) is 0 Å². The third-order valence-electron chi connectivity index (χ3n) is 4.17. The minimum absolute atomic E-state index is 0.138. The molecule has 1 aliphatic rings. The number of aromatic nitrogens is 2. The van der Waals surface area contributed by atoms with Gasteiger partial charge in [0.2, 0.25) is 5.89 Å². The number of rotatable bonds is 5. The number of ether oxygens (including phenoxy) is 1. The second-order valence-electron chi connectivity index (χ2n) is 5.96. The van der Waals surface area contributed by atoms with E-state index in [1.807, 2.05) is 0 Å². The maximum absolute atomic E-state index is 13.9. The van der Waals surface area contributed by atoms with Crippen LogP contribution in [0.15, 0.2) is 28.7 Å². The molecule has 2 aromatic rings. The average Bonchev–Trinajstić information content (AvgIpc) is 2.96. The Kier molecular flexibility index (Phi) is 5.60. The van der Waals surface area contributed by atoms with Crippen molar-refractivity contribution >= 4 is 18.2 Å². The molecular weight excluding hydrogens is 345 g/mol. The van der Waals surface area contributed by atoms with Crippen LogP contribution in [0.25, 0.3) is 11.5 Å². The van der Waals surface area contributed by atoms with Gasteiger partial charge < -0.3 is 9.15 Å². The van der Waals surface area contributed by atoms with Crippen LogP contribution in [0.2, 0.25) is 0 Å². The molecule has 0 spiro atoms. The van der Waals surface area contributed by atoms with Gasteiger partial charge in [-0.25, -0.2) is 9.07 Å². The Hall–Kier alpha value is -2.06. The molecule has 0 N–H and O–H groups in total. The van der Waals surface area contributed by atoms with Crippen LogP contribution in [0, 0.1) is 16.6 Å². The molecule has 1 saturated heterocycles. The fraction of sp³-hybridized carbons (Fsp3) is 0.471. The van der Waals surface area contributed by atoms with Crippen molar-refractivity contribution in [3.63, 3.8) is 0 Å². The van der Waals surface area contributed by atoms with E-state index in [0.717, 1.165) is 19.4 Å². The van der Waals surface area contributed by atoms with Crippen LogP contribution in [0.5, 0.6) is 0 Å². The average molecular weight is 365 g/mol. The van der Waals surface area contributed by atoms with Gasteiger partial charge in [0.25, 0.3) is 4.84 Å². The standard InChI is InChI=1S/C17H20FN3O3S/c1-2-23-16(22)12-6-5-9-20(10-12)11-21-17(25)24-15(19-21)13-7-3-4-8-14(13)18/h3-4,7-8,12H,2,5-6,9-11H2,1H3/t12-/m1/s1. The predicted molar refractivity (Wildman–Crippen MR) is 91.7 cm³/mol. The molecule has 3 rings (SSSR count). The largest absolute Gasteiger partial charge is 0.466 e. The molecule has 1 fully saturated rings. The van der Waals surface area contributed by atoms with E-state index in [1.165, 1.54) is 10.7 Å². The molecule has 25 heavy (non-hydrogen) atoms. The van der Waals surface area contributed by atoms with Crippen LogP contribution >= 0.6 is 12.2 Å². The Morgan fingerprint density at radius 1 is 1.48 bits per heavy atom. The highest BCUT2D eigenvalue weighted by Crippen LogP contribution is 2.22. The smallest absolute Gasteiger partial charge is 0.310 e. The van der Waals surface area contributed by atoms with Crippen molar-refractivity contribution in [3.8, 4) is 11.5 Å². The van der Waals surface area contributed by atoms with E-state index >= 15 is 0 Å². The zero-order valence-electron chi connectivity index (χ0n) is 14.0. The first-order valence-corrected chi connectivity index (χ1v) is 8.71. The summed E-state index contributed by atoms with van der Waals surface area (Å²) < 4.78 is 26.0. The van der Waals surface area contributed by atoms with E-state index in [9.17, 15) is 9.18 Å². The highest BCUT2D eigenvalue weighted by atomic mass is 32.1. The summed E-state index contributed by atoms with van der Waals surface area (Å²) in [5.74, 6) is -0.558. The van der Waals surface area contributed by atoms with Gasteiger partial charge in [-0.3, -0.25) is 9.69 Å². The molecule has 2 heterocycles. The number of carbonyl (C=O) groups excluding carboxylic acids is 1. The topological polar surface area (TPSA) is 60.5 Å². The summed E-state index contributed by atoms with van der Waals surface area (Å²) in [5, 5.41) is 4.29. The number of hydrogen-bond donors (Lipinski definition) is 0. The predicted octanol–water partition coefficient (Wildman–Crippen LogP) is 3.24. The van der Waals surface area contributed by atoms with E-state index in [2.05, 4.69) is 10.00 Å². The summed E-state index contributed by atoms with van der Waals surface area (Å²) in [6.07, 6.45) is 1.72. The summed E-state index contributed by atoms with van der Waals surface area (Å²) in [5.41, 5.74) is 0.274. The molecule has 134 valence electrons. The summed E-state index contributed by atoms with van der Waals surface area (Å²) in [4.78, 5) is 14.2. The van der Waals surface area contributed by atoms with Gasteiger partial charge in [0.1, 0.15) is 5.82 Å². The summed E-state index contributed by atoms with van der Waals surface area (Å²) >= 11 is 5.20. The van der Waals surface area contributed by atoms with E-state index in [1.54, 1.807) is 25.1 Å². The molecule has 0 saturated carbocycles. The van der Waals surface area contributed by atoms with Crippen molar-refractivity contribution in [1.82, 2.24) is 14.7 Å². The minimum Gasteiger partial charge on any atom is -0.466 e. The normalized spacial score (nSPS) is 18.2. The fourth-order valence-electron chi connectivity index (χ4n) is 2.97. The number of piperidine rings is 1. The second-order valence-corrected chi connectivity index (χ2v) is 6.31.